The normalized spacial score (nSPS) is 11.7. The van der Waals surface area contributed by atoms with Gasteiger partial charge in [-0.25, -0.2) is 4.98 Å². The van der Waals surface area contributed by atoms with Crippen LogP contribution in [0.1, 0.15) is 12.5 Å². The highest BCUT2D eigenvalue weighted by atomic mass is 16.6. The summed E-state index contributed by atoms with van der Waals surface area (Å²) >= 11 is 0. The molecule has 0 atom stereocenters. The monoisotopic (exact) mass is 408 g/mol. The Morgan fingerprint density at radius 2 is 1.74 bits per heavy atom. The summed E-state index contributed by atoms with van der Waals surface area (Å²) in [7, 11) is 1.55. The van der Waals surface area contributed by atoms with Gasteiger partial charge in [-0.15, -0.1) is 5.10 Å². The molecule has 0 aliphatic carbocycles. The number of oxime groups is 1. The van der Waals surface area contributed by atoms with Crippen molar-refractivity contribution in [3.63, 3.8) is 0 Å². The van der Waals surface area contributed by atoms with Crippen LogP contribution in [0, 0.1) is 0 Å². The van der Waals surface area contributed by atoms with Crippen LogP contribution < -0.4 is 5.32 Å². The molecule has 0 spiro atoms. The summed E-state index contributed by atoms with van der Waals surface area (Å²) in [6.45, 7) is 1.92. The molecule has 0 unspecified atom stereocenters. The molecule has 2 aromatic heterocycles. The summed E-state index contributed by atoms with van der Waals surface area (Å²) in [4.78, 5) is 9.73. The molecule has 0 amide bonds. The Morgan fingerprint density at radius 1 is 0.935 bits per heavy atom. The maximum atomic E-state index is 4.91. The third-order valence-electron chi connectivity index (χ3n) is 5.06. The SMILES string of the molecule is CO/N=C(/C)c1cccc(Nc2cc(-n3nnc4ccccc43)nc3ccccc23)c1. The van der Waals surface area contributed by atoms with E-state index in [2.05, 4.69) is 26.9 Å². The van der Waals surface area contributed by atoms with Gasteiger partial charge in [-0.1, -0.05) is 52.8 Å². The molecule has 0 bridgehead atoms. The zero-order valence-corrected chi connectivity index (χ0v) is 17.1. The summed E-state index contributed by atoms with van der Waals surface area (Å²) in [6, 6.07) is 25.9. The predicted molar refractivity (Wildman–Crippen MR) is 123 cm³/mol. The van der Waals surface area contributed by atoms with E-state index in [0.29, 0.717) is 5.82 Å². The highest BCUT2D eigenvalue weighted by Gasteiger charge is 2.12. The van der Waals surface area contributed by atoms with E-state index >= 15 is 0 Å². The van der Waals surface area contributed by atoms with Gasteiger partial charge in [0.15, 0.2) is 5.82 Å². The molecule has 0 aliphatic heterocycles. The van der Waals surface area contributed by atoms with Crippen LogP contribution in [0.3, 0.4) is 0 Å². The van der Waals surface area contributed by atoms with Crippen molar-refractivity contribution in [3.05, 3.63) is 84.4 Å². The molecule has 5 aromatic rings. The van der Waals surface area contributed by atoms with E-state index in [4.69, 9.17) is 9.82 Å². The van der Waals surface area contributed by atoms with E-state index in [9.17, 15) is 0 Å². The summed E-state index contributed by atoms with van der Waals surface area (Å²) in [6.07, 6.45) is 0. The van der Waals surface area contributed by atoms with Crippen molar-refractivity contribution in [2.75, 3.05) is 12.4 Å². The molecule has 1 N–H and O–H groups in total. The molecular formula is C24H20N6O. The van der Waals surface area contributed by atoms with Gasteiger partial charge in [0.2, 0.25) is 0 Å². The van der Waals surface area contributed by atoms with Gasteiger partial charge in [0, 0.05) is 22.7 Å². The van der Waals surface area contributed by atoms with Gasteiger partial charge in [0.1, 0.15) is 12.6 Å². The molecule has 0 radical (unpaired) electrons. The van der Waals surface area contributed by atoms with E-state index in [0.717, 1.165) is 44.6 Å². The van der Waals surface area contributed by atoms with Gasteiger partial charge in [-0.05, 0) is 37.3 Å². The van der Waals surface area contributed by atoms with Gasteiger partial charge < -0.3 is 10.2 Å². The molecule has 0 aliphatic rings. The average Bonchev–Trinajstić information content (AvgIpc) is 3.24. The Bertz CT molecular complexity index is 1420. The van der Waals surface area contributed by atoms with E-state index in [-0.39, 0.29) is 0 Å². The Kier molecular flexibility index (Phi) is 4.76. The third-order valence-corrected chi connectivity index (χ3v) is 5.06. The first kappa shape index (κ1) is 18.7. The number of nitrogens with zero attached hydrogens (tertiary/aromatic N) is 5. The first-order valence-corrected chi connectivity index (χ1v) is 9.89. The molecular weight excluding hydrogens is 388 g/mol. The lowest BCUT2D eigenvalue weighted by Gasteiger charge is -2.13. The minimum atomic E-state index is 0.697. The molecule has 0 fully saturated rings. The van der Waals surface area contributed by atoms with Gasteiger partial charge in [0.05, 0.1) is 22.4 Å². The number of rotatable bonds is 5. The van der Waals surface area contributed by atoms with Crippen LogP contribution in [0.15, 0.2) is 84.0 Å². The fraction of sp³-hybridized carbons (Fsp3) is 0.0833. The van der Waals surface area contributed by atoms with Crippen LogP contribution in [-0.2, 0) is 4.84 Å². The predicted octanol–water partition coefficient (Wildman–Crippen LogP) is 5.08. The zero-order chi connectivity index (χ0) is 21.2. The first-order valence-electron chi connectivity index (χ1n) is 9.89. The second kappa shape index (κ2) is 7.87. The number of para-hydroxylation sites is 2. The molecule has 0 saturated carbocycles. The second-order valence-corrected chi connectivity index (χ2v) is 7.10. The molecule has 152 valence electrons. The van der Waals surface area contributed by atoms with Crippen molar-refractivity contribution >= 4 is 39.0 Å². The van der Waals surface area contributed by atoms with Crippen LogP contribution in [-0.4, -0.2) is 32.8 Å². The first-order chi connectivity index (χ1) is 15.2. The average molecular weight is 408 g/mol. The van der Waals surface area contributed by atoms with Crippen LogP contribution in [0.5, 0.6) is 0 Å². The number of pyridine rings is 1. The lowest BCUT2D eigenvalue weighted by molar-refractivity contribution is 0.213. The number of fused-ring (bicyclic) bond motifs is 2. The van der Waals surface area contributed by atoms with Crippen LogP contribution in [0.2, 0.25) is 0 Å². The number of hydrogen-bond donors (Lipinski definition) is 1. The number of benzene rings is 3. The second-order valence-electron chi connectivity index (χ2n) is 7.10. The standard InChI is InChI=1S/C24H20N6O/c1-16(28-31-2)17-8-7-9-18(14-17)25-22-15-24(26-20-11-4-3-10-19(20)22)30-23-13-6-5-12-21(23)27-29-30/h3-15H,1-2H3,(H,25,26)/b28-16-. The number of anilines is 2. The summed E-state index contributed by atoms with van der Waals surface area (Å²) < 4.78 is 1.76. The Morgan fingerprint density at radius 3 is 2.61 bits per heavy atom. The Balaban J connectivity index is 1.62. The van der Waals surface area contributed by atoms with Gasteiger partial charge >= 0.3 is 0 Å². The van der Waals surface area contributed by atoms with E-state index in [1.807, 2.05) is 79.7 Å². The zero-order valence-electron chi connectivity index (χ0n) is 17.1. The van der Waals surface area contributed by atoms with Crippen LogP contribution >= 0.6 is 0 Å². The third kappa shape index (κ3) is 3.57. The van der Waals surface area contributed by atoms with Gasteiger partial charge in [-0.3, -0.25) is 0 Å². The molecule has 5 rings (SSSR count). The molecule has 31 heavy (non-hydrogen) atoms. The summed E-state index contributed by atoms with van der Waals surface area (Å²) in [5.74, 6) is 0.697. The molecule has 3 aromatic carbocycles. The van der Waals surface area contributed by atoms with Crippen molar-refractivity contribution in [1.82, 2.24) is 20.0 Å². The molecule has 7 nitrogen and oxygen atoms in total. The minimum absolute atomic E-state index is 0.697. The lowest BCUT2D eigenvalue weighted by Crippen LogP contribution is -2.03. The number of nitrogens with one attached hydrogen (secondary N) is 1. The lowest BCUT2D eigenvalue weighted by atomic mass is 10.1. The van der Waals surface area contributed by atoms with Crippen LogP contribution in [0.25, 0.3) is 27.8 Å². The summed E-state index contributed by atoms with van der Waals surface area (Å²) in [5, 5.41) is 17.2. The largest absolute Gasteiger partial charge is 0.399 e. The van der Waals surface area contributed by atoms with E-state index in [1.165, 1.54) is 0 Å². The quantitative estimate of drug-likeness (QED) is 0.324. The fourth-order valence-corrected chi connectivity index (χ4v) is 3.58. The van der Waals surface area contributed by atoms with Gasteiger partial charge in [-0.2, -0.15) is 4.68 Å². The van der Waals surface area contributed by atoms with Crippen molar-refractivity contribution in [2.45, 2.75) is 6.92 Å². The van der Waals surface area contributed by atoms with E-state index < -0.39 is 0 Å². The number of hydrogen-bond acceptors (Lipinski definition) is 6. The smallest absolute Gasteiger partial charge is 0.158 e. The van der Waals surface area contributed by atoms with Crippen molar-refractivity contribution < 1.29 is 4.84 Å². The van der Waals surface area contributed by atoms with Gasteiger partial charge in [0.25, 0.3) is 0 Å². The van der Waals surface area contributed by atoms with Crippen LogP contribution in [0.4, 0.5) is 11.4 Å². The topological polar surface area (TPSA) is 77.2 Å². The number of aromatic nitrogens is 4. The van der Waals surface area contributed by atoms with Crippen molar-refractivity contribution in [1.29, 1.82) is 0 Å². The fourth-order valence-electron chi connectivity index (χ4n) is 3.58. The van der Waals surface area contributed by atoms with Crippen molar-refractivity contribution in [3.8, 4) is 5.82 Å². The Hall–Kier alpha value is -4.26. The minimum Gasteiger partial charge on any atom is -0.399 e. The van der Waals surface area contributed by atoms with E-state index in [1.54, 1.807) is 11.8 Å². The highest BCUT2D eigenvalue weighted by Crippen LogP contribution is 2.29. The molecule has 0 saturated heterocycles. The molecule has 7 heteroatoms. The molecule has 2 heterocycles. The summed E-state index contributed by atoms with van der Waals surface area (Å²) in [5.41, 5.74) is 6.26. The Labute approximate surface area is 179 Å². The maximum Gasteiger partial charge on any atom is 0.158 e. The maximum absolute atomic E-state index is 4.91. The highest BCUT2D eigenvalue weighted by molar-refractivity contribution is 6.00. The van der Waals surface area contributed by atoms with Crippen molar-refractivity contribution in [2.24, 2.45) is 5.16 Å².